The second kappa shape index (κ2) is 4.73. The molecule has 0 radical (unpaired) electrons. The van der Waals surface area contributed by atoms with Gasteiger partial charge < -0.3 is 15.7 Å². The maximum Gasteiger partial charge on any atom is 0.329 e. The third-order valence-electron chi connectivity index (χ3n) is 3.17. The zero-order valence-electron chi connectivity index (χ0n) is 9.98. The number of nitrogens with zero attached hydrogens (tertiary/aromatic N) is 4. The van der Waals surface area contributed by atoms with Crippen LogP contribution in [0.4, 0.5) is 17.5 Å². The van der Waals surface area contributed by atoms with Crippen LogP contribution in [0.1, 0.15) is 13.3 Å². The molecule has 8 nitrogen and oxygen atoms in total. The van der Waals surface area contributed by atoms with Crippen LogP contribution in [-0.2, 0) is 0 Å². The Bertz CT molecular complexity index is 465. The van der Waals surface area contributed by atoms with Crippen molar-refractivity contribution in [3.05, 3.63) is 16.3 Å². The molecule has 0 spiro atoms. The van der Waals surface area contributed by atoms with E-state index in [1.807, 2.05) is 0 Å². The first-order valence-corrected chi connectivity index (χ1v) is 5.69. The summed E-state index contributed by atoms with van der Waals surface area (Å²) in [6, 6.07) is 0. The molecule has 1 saturated heterocycles. The van der Waals surface area contributed by atoms with Gasteiger partial charge in [-0.05, 0) is 13.3 Å². The summed E-state index contributed by atoms with van der Waals surface area (Å²) in [4.78, 5) is 19.7. The van der Waals surface area contributed by atoms with E-state index in [1.165, 1.54) is 0 Å². The van der Waals surface area contributed by atoms with Crippen molar-refractivity contribution in [2.75, 3.05) is 23.7 Å². The monoisotopic (exact) mass is 253 g/mol. The topological polar surface area (TPSA) is 118 Å². The van der Waals surface area contributed by atoms with Crippen molar-refractivity contribution in [3.63, 3.8) is 0 Å². The number of anilines is 2. The Morgan fingerprint density at radius 3 is 3.00 bits per heavy atom. The van der Waals surface area contributed by atoms with Gasteiger partial charge in [0.2, 0.25) is 11.8 Å². The lowest BCUT2D eigenvalue weighted by molar-refractivity contribution is -0.384. The Morgan fingerprint density at radius 2 is 2.44 bits per heavy atom. The van der Waals surface area contributed by atoms with E-state index in [2.05, 4.69) is 9.97 Å². The van der Waals surface area contributed by atoms with Crippen molar-refractivity contribution in [2.24, 2.45) is 5.92 Å². The van der Waals surface area contributed by atoms with Gasteiger partial charge in [-0.1, -0.05) is 0 Å². The SMILES string of the molecule is CC(O)C1CCN(c2nc(N)ncc2[N+](=O)[O-])C1. The molecule has 2 heterocycles. The minimum atomic E-state index is -0.523. The number of aromatic nitrogens is 2. The quantitative estimate of drug-likeness (QED) is 0.582. The lowest BCUT2D eigenvalue weighted by Gasteiger charge is -2.18. The molecular weight excluding hydrogens is 238 g/mol. The van der Waals surface area contributed by atoms with E-state index < -0.39 is 11.0 Å². The second-order valence-corrected chi connectivity index (χ2v) is 4.43. The Labute approximate surface area is 104 Å². The molecule has 1 aromatic heterocycles. The van der Waals surface area contributed by atoms with Crippen molar-refractivity contribution in [1.82, 2.24) is 9.97 Å². The van der Waals surface area contributed by atoms with Gasteiger partial charge in [0.15, 0.2) is 0 Å². The summed E-state index contributed by atoms with van der Waals surface area (Å²) in [5.41, 5.74) is 5.31. The van der Waals surface area contributed by atoms with E-state index in [0.29, 0.717) is 13.1 Å². The fraction of sp³-hybridized carbons (Fsp3) is 0.600. The van der Waals surface area contributed by atoms with Crippen LogP contribution in [0.5, 0.6) is 0 Å². The summed E-state index contributed by atoms with van der Waals surface area (Å²) in [6.45, 7) is 2.87. The normalized spacial score (nSPS) is 21.0. The fourth-order valence-corrected chi connectivity index (χ4v) is 2.11. The van der Waals surface area contributed by atoms with Crippen LogP contribution in [0.2, 0.25) is 0 Å². The Morgan fingerprint density at radius 1 is 1.72 bits per heavy atom. The second-order valence-electron chi connectivity index (χ2n) is 4.43. The largest absolute Gasteiger partial charge is 0.393 e. The maximum absolute atomic E-state index is 10.9. The number of hydrogen-bond donors (Lipinski definition) is 2. The molecule has 1 aromatic rings. The summed E-state index contributed by atoms with van der Waals surface area (Å²) in [6.07, 6.45) is 1.46. The highest BCUT2D eigenvalue weighted by Gasteiger charge is 2.31. The van der Waals surface area contributed by atoms with Gasteiger partial charge in [0.05, 0.1) is 11.0 Å². The standard InChI is InChI=1S/C10H15N5O3/c1-6(16)7-2-3-14(5-7)9-8(15(17)18)4-12-10(11)13-9/h4,6-7,16H,2-3,5H2,1H3,(H2,11,12,13). The van der Waals surface area contributed by atoms with Gasteiger partial charge in [-0.15, -0.1) is 0 Å². The van der Waals surface area contributed by atoms with Crippen molar-refractivity contribution >= 4 is 17.5 Å². The van der Waals surface area contributed by atoms with Crippen molar-refractivity contribution in [3.8, 4) is 0 Å². The zero-order chi connectivity index (χ0) is 13.3. The fourth-order valence-electron chi connectivity index (χ4n) is 2.11. The van der Waals surface area contributed by atoms with E-state index in [4.69, 9.17) is 5.73 Å². The minimum absolute atomic E-state index is 0.0103. The van der Waals surface area contributed by atoms with E-state index >= 15 is 0 Å². The number of rotatable bonds is 3. The highest BCUT2D eigenvalue weighted by molar-refractivity contribution is 5.58. The first-order chi connectivity index (χ1) is 8.49. The molecule has 1 aliphatic rings. The molecule has 2 atom stereocenters. The summed E-state index contributed by atoms with van der Waals surface area (Å²) in [7, 11) is 0. The molecule has 1 aliphatic heterocycles. The van der Waals surface area contributed by atoms with Gasteiger partial charge in [-0.2, -0.15) is 4.98 Å². The van der Waals surface area contributed by atoms with Crippen molar-refractivity contribution < 1.29 is 10.0 Å². The molecule has 8 heteroatoms. The van der Waals surface area contributed by atoms with Crippen LogP contribution in [0, 0.1) is 16.0 Å². The number of nitrogen functional groups attached to an aromatic ring is 1. The van der Waals surface area contributed by atoms with E-state index in [9.17, 15) is 15.2 Å². The molecular formula is C10H15N5O3. The zero-order valence-corrected chi connectivity index (χ0v) is 9.98. The average Bonchev–Trinajstić information content (AvgIpc) is 2.77. The lowest BCUT2D eigenvalue weighted by atomic mass is 10.0. The van der Waals surface area contributed by atoms with Gasteiger partial charge in [-0.25, -0.2) is 4.98 Å². The maximum atomic E-state index is 10.9. The van der Waals surface area contributed by atoms with Crippen LogP contribution in [0.3, 0.4) is 0 Å². The molecule has 18 heavy (non-hydrogen) atoms. The molecule has 2 rings (SSSR count). The number of nitrogens with two attached hydrogens (primary N) is 1. The highest BCUT2D eigenvalue weighted by atomic mass is 16.6. The Balaban J connectivity index is 2.28. The van der Waals surface area contributed by atoms with E-state index in [0.717, 1.165) is 12.6 Å². The average molecular weight is 253 g/mol. The van der Waals surface area contributed by atoms with Gasteiger partial charge in [0.25, 0.3) is 0 Å². The molecule has 0 bridgehead atoms. The van der Waals surface area contributed by atoms with Gasteiger partial charge in [-0.3, -0.25) is 10.1 Å². The van der Waals surface area contributed by atoms with E-state index in [-0.39, 0.29) is 23.4 Å². The summed E-state index contributed by atoms with van der Waals surface area (Å²) in [5, 5.41) is 20.4. The molecule has 98 valence electrons. The third kappa shape index (κ3) is 2.33. The summed E-state index contributed by atoms with van der Waals surface area (Å²) < 4.78 is 0. The molecule has 3 N–H and O–H groups in total. The van der Waals surface area contributed by atoms with Crippen LogP contribution < -0.4 is 10.6 Å². The summed E-state index contributed by atoms with van der Waals surface area (Å²) in [5.74, 6) is 0.340. The van der Waals surface area contributed by atoms with Crippen molar-refractivity contribution in [1.29, 1.82) is 0 Å². The first kappa shape index (κ1) is 12.5. The number of nitro groups is 1. The van der Waals surface area contributed by atoms with Crippen LogP contribution >= 0.6 is 0 Å². The third-order valence-corrected chi connectivity index (χ3v) is 3.17. The van der Waals surface area contributed by atoms with Gasteiger partial charge in [0, 0.05) is 19.0 Å². The van der Waals surface area contributed by atoms with Gasteiger partial charge >= 0.3 is 5.69 Å². The number of hydrogen-bond acceptors (Lipinski definition) is 7. The summed E-state index contributed by atoms with van der Waals surface area (Å²) >= 11 is 0. The first-order valence-electron chi connectivity index (χ1n) is 5.69. The number of aliphatic hydroxyl groups excluding tert-OH is 1. The Kier molecular flexibility index (Phi) is 3.28. The molecule has 0 saturated carbocycles. The highest BCUT2D eigenvalue weighted by Crippen LogP contribution is 2.31. The van der Waals surface area contributed by atoms with Crippen molar-refractivity contribution in [2.45, 2.75) is 19.4 Å². The van der Waals surface area contributed by atoms with Crippen LogP contribution in [0.15, 0.2) is 6.20 Å². The molecule has 2 unspecified atom stereocenters. The predicted octanol–water partition coefficient (Wildman–Crippen LogP) is 0.174. The molecule has 1 fully saturated rings. The molecule has 0 amide bonds. The van der Waals surface area contributed by atoms with Crippen LogP contribution in [-0.4, -0.2) is 39.2 Å². The Hall–Kier alpha value is -1.96. The smallest absolute Gasteiger partial charge is 0.329 e. The minimum Gasteiger partial charge on any atom is -0.393 e. The van der Waals surface area contributed by atoms with Gasteiger partial charge in [0.1, 0.15) is 6.20 Å². The molecule has 0 aliphatic carbocycles. The molecule has 0 aromatic carbocycles. The predicted molar refractivity (Wildman–Crippen MR) is 65.1 cm³/mol. The lowest BCUT2D eigenvalue weighted by Crippen LogP contribution is -2.25. The number of aliphatic hydroxyl groups is 1. The van der Waals surface area contributed by atoms with E-state index in [1.54, 1.807) is 11.8 Å². The van der Waals surface area contributed by atoms with Crippen LogP contribution in [0.25, 0.3) is 0 Å².